The van der Waals surface area contributed by atoms with Crippen LogP contribution in [0.25, 0.3) is 16.7 Å². The minimum Gasteiger partial charge on any atom is -0.462 e. The molecule has 0 spiro atoms. The highest BCUT2D eigenvalue weighted by atomic mass is 19.1. The largest absolute Gasteiger partial charge is 0.462 e. The number of anilines is 1. The quantitative estimate of drug-likeness (QED) is 0.355. The lowest BCUT2D eigenvalue weighted by Crippen LogP contribution is -2.22. The highest BCUT2D eigenvalue weighted by Gasteiger charge is 2.36. The fourth-order valence-corrected chi connectivity index (χ4v) is 5.04. The number of hydrogen-bond donors (Lipinski definition) is 1. The van der Waals surface area contributed by atoms with E-state index in [4.69, 9.17) is 9.72 Å². The minimum absolute atomic E-state index is 0. The van der Waals surface area contributed by atoms with Gasteiger partial charge in [-0.3, -0.25) is 4.39 Å². The van der Waals surface area contributed by atoms with Crippen molar-refractivity contribution in [3.8, 4) is 0 Å². The maximum atomic E-state index is 12.7. The summed E-state index contributed by atoms with van der Waals surface area (Å²) in [6.07, 6.45) is 14.6. The van der Waals surface area contributed by atoms with Crippen LogP contribution >= 0.6 is 0 Å². The van der Waals surface area contributed by atoms with Gasteiger partial charge in [-0.1, -0.05) is 38.8 Å². The van der Waals surface area contributed by atoms with Gasteiger partial charge in [0.15, 0.2) is 0 Å². The molecule has 2 aromatic rings. The molecular formula is C29H44FN3O. The van der Waals surface area contributed by atoms with Crippen LogP contribution in [-0.4, -0.2) is 23.2 Å². The summed E-state index contributed by atoms with van der Waals surface area (Å²) in [5.74, 6) is 4.99. The normalized spacial score (nSPS) is 25.1. The molecule has 2 aliphatic carbocycles. The lowest BCUT2D eigenvalue weighted by Gasteiger charge is -2.28. The summed E-state index contributed by atoms with van der Waals surface area (Å²) >= 11 is 0. The van der Waals surface area contributed by atoms with E-state index in [0.717, 1.165) is 46.9 Å². The van der Waals surface area contributed by atoms with E-state index >= 15 is 0 Å². The molecule has 34 heavy (non-hydrogen) atoms. The molecule has 0 saturated heterocycles. The highest BCUT2D eigenvalue weighted by Crippen LogP contribution is 2.44. The Balaban J connectivity index is 0.00000216. The van der Waals surface area contributed by atoms with Crippen molar-refractivity contribution in [1.82, 2.24) is 9.97 Å². The predicted octanol–water partition coefficient (Wildman–Crippen LogP) is 8.42. The first kappa shape index (κ1) is 26.2. The number of halogens is 1. The molecule has 2 aliphatic rings. The highest BCUT2D eigenvalue weighted by molar-refractivity contribution is 5.82. The summed E-state index contributed by atoms with van der Waals surface area (Å²) in [6.45, 7) is 6.72. The Kier molecular flexibility index (Phi) is 9.49. The topological polar surface area (TPSA) is 47.0 Å². The Hall–Kier alpha value is -2.43. The third-order valence-corrected chi connectivity index (χ3v) is 7.54. The molecule has 0 aliphatic heterocycles. The molecule has 2 atom stereocenters. The Labute approximate surface area is 206 Å². The van der Waals surface area contributed by atoms with E-state index < -0.39 is 0 Å². The predicted molar refractivity (Wildman–Crippen MR) is 143 cm³/mol. The Bertz CT molecular complexity index is 1000. The molecular weight excluding hydrogens is 425 g/mol. The molecule has 5 heteroatoms. The van der Waals surface area contributed by atoms with Gasteiger partial charge >= 0.3 is 0 Å². The van der Waals surface area contributed by atoms with Gasteiger partial charge in [-0.25, -0.2) is 9.97 Å². The zero-order valence-corrected chi connectivity index (χ0v) is 20.3. The first-order valence-corrected chi connectivity index (χ1v) is 12.6. The van der Waals surface area contributed by atoms with Crippen molar-refractivity contribution in [2.24, 2.45) is 23.7 Å². The second kappa shape index (κ2) is 12.3. The molecule has 1 N–H and O–H groups in total. The maximum Gasteiger partial charge on any atom is 0.223 e. The average Bonchev–Trinajstić information content (AvgIpc) is 3.63. The van der Waals surface area contributed by atoms with Gasteiger partial charge < -0.3 is 10.1 Å². The molecule has 1 aromatic carbocycles. The van der Waals surface area contributed by atoms with Gasteiger partial charge in [0.1, 0.15) is 5.76 Å². The van der Waals surface area contributed by atoms with Crippen molar-refractivity contribution >= 4 is 22.6 Å². The minimum atomic E-state index is -0.110. The number of nitrogens with one attached hydrogen (secondary N) is 1. The summed E-state index contributed by atoms with van der Waals surface area (Å²) in [5.41, 5.74) is 1.93. The summed E-state index contributed by atoms with van der Waals surface area (Å²) in [6, 6.07) is 6.17. The smallest absolute Gasteiger partial charge is 0.223 e. The second-order valence-corrected chi connectivity index (χ2v) is 9.88. The van der Waals surface area contributed by atoms with Crippen molar-refractivity contribution in [2.45, 2.75) is 73.1 Å². The SMILES string of the molecule is C.C/C=C(\O/C(C)=C/C)c1ccc2cnc(NCC3CCC(CCC4CC4CF)CC3)nc2c1.[HH]. The number of allylic oxidation sites excluding steroid dienone is 3. The Morgan fingerprint density at radius 3 is 2.56 bits per heavy atom. The van der Waals surface area contributed by atoms with Crippen LogP contribution in [-0.2, 0) is 4.74 Å². The molecule has 1 aromatic heterocycles. The average molecular weight is 470 g/mol. The number of ether oxygens (including phenoxy) is 1. The number of aromatic nitrogens is 2. The number of benzene rings is 1. The van der Waals surface area contributed by atoms with Gasteiger partial charge in [-0.2, -0.15) is 0 Å². The maximum absolute atomic E-state index is 12.7. The fraction of sp³-hybridized carbons (Fsp3) is 0.586. The van der Waals surface area contributed by atoms with E-state index in [0.29, 0.717) is 23.7 Å². The summed E-state index contributed by atoms with van der Waals surface area (Å²) in [5, 5.41) is 4.50. The molecule has 2 saturated carbocycles. The molecule has 0 bridgehead atoms. The van der Waals surface area contributed by atoms with Crippen molar-refractivity contribution in [2.75, 3.05) is 18.5 Å². The molecule has 1 heterocycles. The van der Waals surface area contributed by atoms with Crippen molar-refractivity contribution in [3.05, 3.63) is 47.9 Å². The first-order valence-electron chi connectivity index (χ1n) is 12.6. The Morgan fingerprint density at radius 2 is 1.88 bits per heavy atom. The summed E-state index contributed by atoms with van der Waals surface area (Å²) < 4.78 is 18.6. The number of alkyl halides is 1. The summed E-state index contributed by atoms with van der Waals surface area (Å²) in [4.78, 5) is 9.30. The van der Waals surface area contributed by atoms with Crippen LogP contribution < -0.4 is 5.32 Å². The van der Waals surface area contributed by atoms with Crippen LogP contribution in [0.1, 0.15) is 80.1 Å². The van der Waals surface area contributed by atoms with E-state index in [-0.39, 0.29) is 15.5 Å². The molecule has 188 valence electrons. The van der Waals surface area contributed by atoms with E-state index in [1.165, 1.54) is 38.5 Å². The monoisotopic (exact) mass is 469 g/mol. The third-order valence-electron chi connectivity index (χ3n) is 7.54. The number of fused-ring (bicyclic) bond motifs is 1. The van der Waals surface area contributed by atoms with E-state index in [1.807, 2.05) is 45.2 Å². The van der Waals surface area contributed by atoms with Gasteiger partial charge in [0.05, 0.1) is 18.0 Å². The van der Waals surface area contributed by atoms with Gasteiger partial charge in [0, 0.05) is 25.1 Å². The second-order valence-electron chi connectivity index (χ2n) is 9.88. The Morgan fingerprint density at radius 1 is 1.12 bits per heavy atom. The van der Waals surface area contributed by atoms with Crippen LogP contribution in [0.15, 0.2) is 42.3 Å². The third kappa shape index (κ3) is 6.80. The number of nitrogens with zero attached hydrogens (tertiary/aromatic N) is 2. The van der Waals surface area contributed by atoms with Crippen LogP contribution in [0.2, 0.25) is 0 Å². The van der Waals surface area contributed by atoms with Gasteiger partial charge in [-0.15, -0.1) is 0 Å². The fourth-order valence-electron chi connectivity index (χ4n) is 5.04. The van der Waals surface area contributed by atoms with Crippen LogP contribution in [0.5, 0.6) is 0 Å². The van der Waals surface area contributed by atoms with E-state index in [1.54, 1.807) is 0 Å². The molecule has 2 fully saturated rings. The molecule has 4 nitrogen and oxygen atoms in total. The van der Waals surface area contributed by atoms with Gasteiger partial charge in [0.25, 0.3) is 0 Å². The van der Waals surface area contributed by atoms with Crippen LogP contribution in [0.4, 0.5) is 10.3 Å². The van der Waals surface area contributed by atoms with Crippen molar-refractivity contribution in [1.29, 1.82) is 0 Å². The van der Waals surface area contributed by atoms with E-state index in [2.05, 4.69) is 22.4 Å². The van der Waals surface area contributed by atoms with Gasteiger partial charge in [0.2, 0.25) is 5.95 Å². The number of hydrogen-bond acceptors (Lipinski definition) is 4. The zero-order valence-electron chi connectivity index (χ0n) is 20.3. The van der Waals surface area contributed by atoms with Gasteiger partial charge in [-0.05, 0) is 88.3 Å². The molecule has 0 radical (unpaired) electrons. The van der Waals surface area contributed by atoms with Crippen LogP contribution in [0, 0.1) is 23.7 Å². The standard InChI is InChI=1S/C28H38FN3O.CH4.H2/c1-4-19(3)33-27(5-2)23-12-13-24-18-31-28(32-26(24)15-23)30-17-21-8-6-20(7-9-21)10-11-22-14-25(22)16-29;;/h4-5,12-13,15,18,20-22,25H,6-11,14,16-17H2,1-3H3,(H,30,31,32);1H4;1H/b19-4+,27-5-;;. The molecule has 2 unspecified atom stereocenters. The molecule has 0 amide bonds. The summed E-state index contributed by atoms with van der Waals surface area (Å²) in [7, 11) is 0. The van der Waals surface area contributed by atoms with Crippen molar-refractivity contribution < 1.29 is 10.6 Å². The lowest BCUT2D eigenvalue weighted by atomic mass is 9.79. The lowest BCUT2D eigenvalue weighted by molar-refractivity contribution is 0.263. The first-order chi connectivity index (χ1) is 16.1. The number of rotatable bonds is 10. The zero-order chi connectivity index (χ0) is 23.2. The van der Waals surface area contributed by atoms with Crippen molar-refractivity contribution in [3.63, 3.8) is 0 Å². The molecule has 4 rings (SSSR count). The van der Waals surface area contributed by atoms with Crippen LogP contribution in [0.3, 0.4) is 0 Å². The van der Waals surface area contributed by atoms with E-state index in [9.17, 15) is 4.39 Å².